The summed E-state index contributed by atoms with van der Waals surface area (Å²) in [4.78, 5) is 15.3. The molecule has 0 aliphatic carbocycles. The largest absolute Gasteiger partial charge is 0.478 e. The normalized spacial score (nSPS) is 10.3. The highest BCUT2D eigenvalue weighted by Gasteiger charge is 2.12. The topological polar surface area (TPSA) is 62.2 Å². The molecule has 0 unspecified atom stereocenters. The molecule has 1 aromatic heterocycles. The number of aryl methyl sites for hydroxylation is 1. The molecule has 6 heteroatoms. The van der Waals surface area contributed by atoms with Gasteiger partial charge in [0.1, 0.15) is 11.4 Å². The smallest absolute Gasteiger partial charge is 0.339 e. The zero-order chi connectivity index (χ0) is 14.0. The van der Waals surface area contributed by atoms with Crippen LogP contribution in [0.25, 0.3) is 0 Å². The van der Waals surface area contributed by atoms with Gasteiger partial charge in [0.05, 0.1) is 0 Å². The van der Waals surface area contributed by atoms with Gasteiger partial charge in [0.2, 0.25) is 0 Å². The van der Waals surface area contributed by atoms with E-state index < -0.39 is 5.97 Å². The van der Waals surface area contributed by atoms with Crippen molar-refractivity contribution in [1.29, 1.82) is 0 Å². The number of aromatic carboxylic acids is 1. The Bertz CT molecular complexity index is 645. The number of anilines is 2. The SMILES string of the molecule is Cc1ccc(Nc2ncc(Br)cc2C(=O)O)cc1Br. The first-order chi connectivity index (χ1) is 8.97. The fourth-order valence-electron chi connectivity index (χ4n) is 1.51. The summed E-state index contributed by atoms with van der Waals surface area (Å²) in [7, 11) is 0. The van der Waals surface area contributed by atoms with E-state index in [1.807, 2.05) is 25.1 Å². The highest BCUT2D eigenvalue weighted by Crippen LogP contribution is 2.25. The quantitative estimate of drug-likeness (QED) is 0.824. The van der Waals surface area contributed by atoms with Crippen LogP contribution in [0.1, 0.15) is 15.9 Å². The minimum Gasteiger partial charge on any atom is -0.478 e. The maximum absolute atomic E-state index is 11.2. The van der Waals surface area contributed by atoms with Gasteiger partial charge in [-0.05, 0) is 46.6 Å². The van der Waals surface area contributed by atoms with E-state index in [4.69, 9.17) is 5.11 Å². The van der Waals surface area contributed by atoms with Crippen LogP contribution in [0.3, 0.4) is 0 Å². The average molecular weight is 386 g/mol. The number of carboxylic acid groups (broad SMARTS) is 1. The minimum atomic E-state index is -1.03. The molecule has 2 rings (SSSR count). The molecule has 0 amide bonds. The van der Waals surface area contributed by atoms with Gasteiger partial charge in [0.15, 0.2) is 0 Å². The minimum absolute atomic E-state index is 0.117. The molecular weight excluding hydrogens is 376 g/mol. The summed E-state index contributed by atoms with van der Waals surface area (Å²) in [5, 5.41) is 12.2. The third-order valence-electron chi connectivity index (χ3n) is 2.52. The van der Waals surface area contributed by atoms with E-state index >= 15 is 0 Å². The lowest BCUT2D eigenvalue weighted by atomic mass is 10.2. The van der Waals surface area contributed by atoms with Crippen LogP contribution in [0.4, 0.5) is 11.5 Å². The van der Waals surface area contributed by atoms with Crippen LogP contribution in [-0.2, 0) is 0 Å². The van der Waals surface area contributed by atoms with Crippen molar-refractivity contribution in [1.82, 2.24) is 4.98 Å². The zero-order valence-corrected chi connectivity index (χ0v) is 13.1. The zero-order valence-electron chi connectivity index (χ0n) is 9.95. The van der Waals surface area contributed by atoms with Gasteiger partial charge in [-0.2, -0.15) is 0 Å². The summed E-state index contributed by atoms with van der Waals surface area (Å²) in [6.45, 7) is 1.98. The van der Waals surface area contributed by atoms with Crippen LogP contribution in [0, 0.1) is 6.92 Å². The first-order valence-electron chi connectivity index (χ1n) is 5.39. The van der Waals surface area contributed by atoms with Crippen molar-refractivity contribution in [2.45, 2.75) is 6.92 Å². The molecule has 0 aliphatic heterocycles. The van der Waals surface area contributed by atoms with E-state index in [0.29, 0.717) is 10.3 Å². The number of carbonyl (C=O) groups is 1. The number of hydrogen-bond donors (Lipinski definition) is 2. The first kappa shape index (κ1) is 14.0. The predicted molar refractivity (Wildman–Crippen MR) is 81.1 cm³/mol. The first-order valence-corrected chi connectivity index (χ1v) is 6.98. The second-order valence-corrected chi connectivity index (χ2v) is 5.71. The van der Waals surface area contributed by atoms with Gasteiger partial charge in [-0.3, -0.25) is 0 Å². The Morgan fingerprint density at radius 2 is 2.05 bits per heavy atom. The van der Waals surface area contributed by atoms with Gasteiger partial charge in [0.25, 0.3) is 0 Å². The Morgan fingerprint density at radius 3 is 2.68 bits per heavy atom. The average Bonchev–Trinajstić information content (AvgIpc) is 2.36. The number of hydrogen-bond acceptors (Lipinski definition) is 3. The second-order valence-electron chi connectivity index (χ2n) is 3.94. The Balaban J connectivity index is 2.37. The summed E-state index contributed by atoms with van der Waals surface area (Å²) in [6.07, 6.45) is 1.55. The number of benzene rings is 1. The highest BCUT2D eigenvalue weighted by atomic mass is 79.9. The molecule has 98 valence electrons. The van der Waals surface area contributed by atoms with E-state index in [1.54, 1.807) is 6.20 Å². The molecule has 0 radical (unpaired) electrons. The van der Waals surface area contributed by atoms with Gasteiger partial charge in [0, 0.05) is 20.8 Å². The fourth-order valence-corrected chi connectivity index (χ4v) is 2.22. The summed E-state index contributed by atoms with van der Waals surface area (Å²) in [5.74, 6) is -0.714. The Morgan fingerprint density at radius 1 is 1.32 bits per heavy atom. The molecule has 2 N–H and O–H groups in total. The van der Waals surface area contributed by atoms with Crippen LogP contribution in [-0.4, -0.2) is 16.1 Å². The number of carboxylic acids is 1. The maximum atomic E-state index is 11.2. The Labute approximate surface area is 127 Å². The molecule has 0 fully saturated rings. The number of nitrogens with one attached hydrogen (secondary N) is 1. The van der Waals surface area contributed by atoms with E-state index in [9.17, 15) is 4.79 Å². The van der Waals surface area contributed by atoms with Crippen molar-refractivity contribution >= 4 is 49.3 Å². The lowest BCUT2D eigenvalue weighted by molar-refractivity contribution is 0.0697. The van der Waals surface area contributed by atoms with Crippen LogP contribution < -0.4 is 5.32 Å². The van der Waals surface area contributed by atoms with Crippen molar-refractivity contribution in [3.8, 4) is 0 Å². The predicted octanol–water partition coefficient (Wildman–Crippen LogP) is 4.36. The molecular formula is C13H10Br2N2O2. The van der Waals surface area contributed by atoms with Crippen LogP contribution in [0.15, 0.2) is 39.4 Å². The van der Waals surface area contributed by atoms with E-state index in [1.165, 1.54) is 6.07 Å². The van der Waals surface area contributed by atoms with Crippen LogP contribution >= 0.6 is 31.9 Å². The van der Waals surface area contributed by atoms with E-state index in [2.05, 4.69) is 42.2 Å². The number of nitrogens with zero attached hydrogens (tertiary/aromatic N) is 1. The lowest BCUT2D eigenvalue weighted by Crippen LogP contribution is -2.05. The van der Waals surface area contributed by atoms with Crippen molar-refractivity contribution in [2.75, 3.05) is 5.32 Å². The summed E-state index contributed by atoms with van der Waals surface area (Å²) >= 11 is 6.64. The summed E-state index contributed by atoms with van der Waals surface area (Å²) < 4.78 is 1.58. The number of aromatic nitrogens is 1. The number of pyridine rings is 1. The molecule has 0 atom stereocenters. The molecule has 1 aromatic carbocycles. The fraction of sp³-hybridized carbons (Fsp3) is 0.0769. The molecule has 0 spiro atoms. The molecule has 0 saturated heterocycles. The van der Waals surface area contributed by atoms with Gasteiger partial charge in [-0.1, -0.05) is 22.0 Å². The summed E-state index contributed by atoms with van der Waals surface area (Å²) in [5.41, 5.74) is 1.99. The highest BCUT2D eigenvalue weighted by molar-refractivity contribution is 9.10. The number of halogens is 2. The third-order valence-corrected chi connectivity index (χ3v) is 3.81. The van der Waals surface area contributed by atoms with Gasteiger partial charge >= 0.3 is 5.97 Å². The molecule has 2 aromatic rings. The lowest BCUT2D eigenvalue weighted by Gasteiger charge is -2.10. The van der Waals surface area contributed by atoms with Crippen molar-refractivity contribution in [3.63, 3.8) is 0 Å². The maximum Gasteiger partial charge on any atom is 0.339 e. The Kier molecular flexibility index (Phi) is 4.21. The van der Waals surface area contributed by atoms with Crippen molar-refractivity contribution < 1.29 is 9.90 Å². The molecule has 0 aliphatic rings. The molecule has 0 bridgehead atoms. The van der Waals surface area contributed by atoms with Gasteiger partial charge < -0.3 is 10.4 Å². The Hall–Kier alpha value is -1.40. The van der Waals surface area contributed by atoms with E-state index in [0.717, 1.165) is 15.7 Å². The standard InChI is InChI=1S/C13H10Br2N2O2/c1-7-2-3-9(5-11(7)15)17-12-10(13(18)19)4-8(14)6-16-12/h2-6H,1H3,(H,16,17)(H,18,19). The van der Waals surface area contributed by atoms with Crippen molar-refractivity contribution in [2.24, 2.45) is 0 Å². The van der Waals surface area contributed by atoms with Gasteiger partial charge in [-0.25, -0.2) is 9.78 Å². The molecule has 4 nitrogen and oxygen atoms in total. The van der Waals surface area contributed by atoms with Gasteiger partial charge in [-0.15, -0.1) is 0 Å². The molecule has 1 heterocycles. The van der Waals surface area contributed by atoms with Crippen LogP contribution in [0.2, 0.25) is 0 Å². The number of rotatable bonds is 3. The molecule has 19 heavy (non-hydrogen) atoms. The monoisotopic (exact) mass is 384 g/mol. The van der Waals surface area contributed by atoms with Crippen molar-refractivity contribution in [3.05, 3.63) is 50.5 Å². The molecule has 0 saturated carbocycles. The summed E-state index contributed by atoms with van der Waals surface area (Å²) in [6, 6.07) is 7.20. The van der Waals surface area contributed by atoms with Crippen LogP contribution in [0.5, 0.6) is 0 Å². The second kappa shape index (κ2) is 5.71. The van der Waals surface area contributed by atoms with E-state index in [-0.39, 0.29) is 5.56 Å². The third kappa shape index (κ3) is 3.33.